The second kappa shape index (κ2) is 13.6. The smallest absolute Gasteiger partial charge is 0.164 e. The molecule has 0 aliphatic heterocycles. The van der Waals surface area contributed by atoms with Crippen LogP contribution in [0, 0.1) is 0 Å². The van der Waals surface area contributed by atoms with Crippen molar-refractivity contribution >= 4 is 147 Å². The Morgan fingerprint density at radius 1 is 0.386 bits per heavy atom. The summed E-state index contributed by atoms with van der Waals surface area (Å²) in [5.41, 5.74) is 18.7. The molecule has 7 aromatic carbocycles. The number of nitrogens with zero attached hydrogens (tertiary/aromatic N) is 3. The molecule has 262 valence electrons. The summed E-state index contributed by atoms with van der Waals surface area (Å²) < 4.78 is 9.07. The van der Waals surface area contributed by atoms with Crippen molar-refractivity contribution in [3.8, 4) is 56.4 Å². The number of aromatic nitrogens is 3. The molecule has 0 saturated heterocycles. The van der Waals surface area contributed by atoms with Gasteiger partial charge in [0.1, 0.15) is 66.1 Å². The van der Waals surface area contributed by atoms with Crippen LogP contribution in [0.25, 0.3) is 98.5 Å². The number of thiophene rings is 1. The number of para-hydroxylation sites is 1. The Labute approximate surface area is 342 Å². The van der Waals surface area contributed by atoms with Crippen LogP contribution in [0.2, 0.25) is 0 Å². The summed E-state index contributed by atoms with van der Waals surface area (Å²) in [4.78, 5) is 15.7. The Morgan fingerprint density at radius 3 is 1.70 bits per heavy atom. The molecule has 0 N–H and O–H groups in total. The molecule has 0 saturated carbocycles. The molecular formula is C45H34B7N3OS. The Hall–Kier alpha value is -5.98. The van der Waals surface area contributed by atoms with Crippen molar-refractivity contribution in [2.75, 3.05) is 0 Å². The number of furan rings is 1. The predicted octanol–water partition coefficient (Wildman–Crippen LogP) is 0.283. The Kier molecular flexibility index (Phi) is 8.46. The van der Waals surface area contributed by atoms with Crippen LogP contribution in [0.5, 0.6) is 0 Å². The second-order valence-electron chi connectivity index (χ2n) is 15.4. The summed E-state index contributed by atoms with van der Waals surface area (Å²) in [5, 5.41) is 4.77. The fourth-order valence-electron chi connectivity index (χ4n) is 8.63. The van der Waals surface area contributed by atoms with Crippen molar-refractivity contribution in [3.05, 3.63) is 121 Å². The maximum absolute atomic E-state index is 6.31. The molecule has 12 heteroatoms. The molecule has 3 aromatic heterocycles. The fourth-order valence-corrected chi connectivity index (χ4v) is 10.1. The highest BCUT2D eigenvalue weighted by molar-refractivity contribution is 7.28. The first-order valence-electron chi connectivity index (χ1n) is 19.5. The zero-order chi connectivity index (χ0) is 39.1. The van der Waals surface area contributed by atoms with E-state index in [1.165, 1.54) is 69.5 Å². The van der Waals surface area contributed by atoms with E-state index in [4.69, 9.17) is 19.4 Å². The van der Waals surface area contributed by atoms with Crippen LogP contribution < -0.4 is 38.2 Å². The number of rotatable bonds is 5. The average Bonchev–Trinajstić information content (AvgIpc) is 3.84. The van der Waals surface area contributed by atoms with E-state index in [2.05, 4.69) is 140 Å². The maximum Gasteiger partial charge on any atom is 0.164 e. The standard InChI is InChI=1S/C45H34B7N3OS/c46-34-30(32-33-35(47)36(48)38(50)40(52)42(33)57-41(32)39(51)37(34)49)24-10-6-11-25(20-24)44-53-43(23-18-16-22(17-19-23)21-8-2-1-3-9-21)54-45(55-44)27-13-7-15-29-31(27)26-12-4-5-14-28(26)56-29/h1-20H,46-52H2. The first-order valence-corrected chi connectivity index (χ1v) is 20.3. The highest BCUT2D eigenvalue weighted by atomic mass is 32.1. The Bertz CT molecular complexity index is 3270. The van der Waals surface area contributed by atoms with Crippen molar-refractivity contribution in [2.45, 2.75) is 0 Å². The third-order valence-corrected chi connectivity index (χ3v) is 13.8. The van der Waals surface area contributed by atoms with Gasteiger partial charge in [-0.25, -0.2) is 15.0 Å². The topological polar surface area (TPSA) is 51.8 Å². The number of hydrogen-bond acceptors (Lipinski definition) is 5. The van der Waals surface area contributed by atoms with Crippen LogP contribution >= 0.6 is 11.3 Å². The lowest BCUT2D eigenvalue weighted by atomic mass is 9.64. The highest BCUT2D eigenvalue weighted by Crippen LogP contribution is 2.39. The Morgan fingerprint density at radius 2 is 0.930 bits per heavy atom. The maximum atomic E-state index is 6.31. The van der Waals surface area contributed by atoms with Crippen LogP contribution in [0.4, 0.5) is 0 Å². The van der Waals surface area contributed by atoms with Crippen molar-refractivity contribution in [3.63, 3.8) is 0 Å². The molecular weight excluding hydrogens is 706 g/mol. The molecule has 0 aliphatic rings. The molecule has 0 amide bonds. The molecule has 0 aliphatic carbocycles. The molecule has 0 unspecified atom stereocenters. The lowest BCUT2D eigenvalue weighted by molar-refractivity contribution is 0.669. The van der Waals surface area contributed by atoms with Gasteiger partial charge in [0.2, 0.25) is 0 Å². The van der Waals surface area contributed by atoms with Crippen molar-refractivity contribution < 1.29 is 4.42 Å². The van der Waals surface area contributed by atoms with Crippen LogP contribution in [-0.2, 0) is 0 Å². The van der Waals surface area contributed by atoms with Gasteiger partial charge in [-0.1, -0.05) is 130 Å². The highest BCUT2D eigenvalue weighted by Gasteiger charge is 2.23. The number of hydrogen-bond donors (Lipinski definition) is 0. The molecule has 3 heterocycles. The average molecular weight is 741 g/mol. The van der Waals surface area contributed by atoms with Crippen molar-refractivity contribution in [1.82, 2.24) is 15.0 Å². The van der Waals surface area contributed by atoms with Gasteiger partial charge in [-0.05, 0) is 45.8 Å². The quantitative estimate of drug-likeness (QED) is 0.239. The minimum Gasteiger partial charge on any atom is -0.456 e. The van der Waals surface area contributed by atoms with E-state index in [0.717, 1.165) is 49.8 Å². The summed E-state index contributed by atoms with van der Waals surface area (Å²) in [6.45, 7) is 0. The second-order valence-corrected chi connectivity index (χ2v) is 16.4. The molecule has 57 heavy (non-hydrogen) atoms. The molecule has 0 bridgehead atoms. The molecule has 0 atom stereocenters. The van der Waals surface area contributed by atoms with Crippen molar-refractivity contribution in [1.29, 1.82) is 0 Å². The molecule has 0 radical (unpaired) electrons. The van der Waals surface area contributed by atoms with E-state index < -0.39 is 0 Å². The molecule has 10 rings (SSSR count). The summed E-state index contributed by atoms with van der Waals surface area (Å²) in [7, 11) is 16.0. The van der Waals surface area contributed by atoms with E-state index in [1.54, 1.807) is 0 Å². The molecule has 4 nitrogen and oxygen atoms in total. The third kappa shape index (κ3) is 5.64. The predicted molar refractivity (Wildman–Crippen MR) is 264 cm³/mol. The van der Waals surface area contributed by atoms with Crippen LogP contribution in [-0.4, -0.2) is 69.9 Å². The minimum absolute atomic E-state index is 0.607. The van der Waals surface area contributed by atoms with E-state index in [-0.39, 0.29) is 0 Å². The minimum atomic E-state index is 0.607. The normalized spacial score (nSPS) is 11.6. The van der Waals surface area contributed by atoms with Crippen molar-refractivity contribution in [2.24, 2.45) is 0 Å². The lowest BCUT2D eigenvalue weighted by Crippen LogP contribution is -2.47. The summed E-state index contributed by atoms with van der Waals surface area (Å²) in [6, 6.07) is 42.0. The first-order chi connectivity index (χ1) is 27.7. The van der Waals surface area contributed by atoms with Gasteiger partial charge in [0.25, 0.3) is 0 Å². The van der Waals surface area contributed by atoms with Gasteiger partial charge in [-0.15, -0.1) is 22.3 Å². The van der Waals surface area contributed by atoms with Gasteiger partial charge in [-0.3, -0.25) is 0 Å². The van der Waals surface area contributed by atoms with Gasteiger partial charge in [-0.2, -0.15) is 0 Å². The van der Waals surface area contributed by atoms with Crippen LogP contribution in [0.1, 0.15) is 0 Å². The van der Waals surface area contributed by atoms with Crippen LogP contribution in [0.15, 0.2) is 126 Å². The monoisotopic (exact) mass is 741 g/mol. The van der Waals surface area contributed by atoms with Gasteiger partial charge in [0.05, 0.1) is 0 Å². The lowest BCUT2D eigenvalue weighted by Gasteiger charge is -2.18. The Balaban J connectivity index is 1.21. The molecule has 10 aromatic rings. The fraction of sp³-hybridized carbons (Fsp3) is 0. The van der Waals surface area contributed by atoms with Gasteiger partial charge in [0.15, 0.2) is 17.5 Å². The summed E-state index contributed by atoms with van der Waals surface area (Å²) >= 11 is 1.94. The van der Waals surface area contributed by atoms with Gasteiger partial charge in [0, 0.05) is 42.2 Å². The third-order valence-electron chi connectivity index (χ3n) is 12.3. The molecule has 0 fully saturated rings. The number of benzene rings is 7. The zero-order valence-corrected chi connectivity index (χ0v) is 34.0. The molecule has 0 spiro atoms. The van der Waals surface area contributed by atoms with Gasteiger partial charge >= 0.3 is 0 Å². The largest absolute Gasteiger partial charge is 0.456 e. The zero-order valence-electron chi connectivity index (χ0n) is 33.2. The van der Waals surface area contributed by atoms with E-state index in [9.17, 15) is 0 Å². The van der Waals surface area contributed by atoms with E-state index in [0.29, 0.717) is 17.5 Å². The van der Waals surface area contributed by atoms with Gasteiger partial charge < -0.3 is 4.42 Å². The SMILES string of the molecule is Bc1c(B)c(B)c2c(sc3c(B)c(B)c(B)c(-c4cccc(-c5nc(-c6ccc(-c7ccccc7)cc6)nc(-c6cccc7oc8ccccc8c67)n5)c4)c32)c1B. The summed E-state index contributed by atoms with van der Waals surface area (Å²) in [5.74, 6) is 1.85. The first kappa shape index (κ1) is 35.4. The van der Waals surface area contributed by atoms with E-state index in [1.807, 2.05) is 47.7 Å². The van der Waals surface area contributed by atoms with Crippen LogP contribution in [0.3, 0.4) is 0 Å². The number of fused-ring (bicyclic) bond motifs is 6. The summed E-state index contributed by atoms with van der Waals surface area (Å²) in [6.07, 6.45) is 0. The van der Waals surface area contributed by atoms with E-state index >= 15 is 0 Å².